The van der Waals surface area contributed by atoms with Crippen molar-refractivity contribution in [3.05, 3.63) is 17.5 Å². The number of likely N-dealkylation sites (tertiary alicyclic amines) is 1. The van der Waals surface area contributed by atoms with Crippen molar-refractivity contribution < 1.29 is 15.0 Å². The first kappa shape index (κ1) is 14.0. The third-order valence-electron chi connectivity index (χ3n) is 3.85. The van der Waals surface area contributed by atoms with Gasteiger partial charge in [-0.05, 0) is 19.4 Å². The van der Waals surface area contributed by atoms with E-state index in [-0.39, 0.29) is 18.2 Å². The van der Waals surface area contributed by atoms with Crippen LogP contribution >= 0.6 is 0 Å². The van der Waals surface area contributed by atoms with Crippen LogP contribution in [0.4, 0.5) is 0 Å². The van der Waals surface area contributed by atoms with Gasteiger partial charge in [-0.1, -0.05) is 12.8 Å². The lowest BCUT2D eigenvalue weighted by atomic mass is 10.1. The third-order valence-corrected chi connectivity index (χ3v) is 3.85. The van der Waals surface area contributed by atoms with Crippen LogP contribution in [0.1, 0.15) is 41.7 Å². The van der Waals surface area contributed by atoms with Gasteiger partial charge in [0.05, 0.1) is 18.5 Å². The Morgan fingerprint density at radius 1 is 1.47 bits per heavy atom. The molecule has 0 aromatic carbocycles. The summed E-state index contributed by atoms with van der Waals surface area (Å²) in [6, 6.07) is 0.124. The van der Waals surface area contributed by atoms with E-state index in [0.717, 1.165) is 25.8 Å². The summed E-state index contributed by atoms with van der Waals surface area (Å²) in [5.74, 6) is -0.946. The molecule has 1 atom stereocenters. The van der Waals surface area contributed by atoms with Crippen LogP contribution in [-0.2, 0) is 13.6 Å². The molecule has 6 nitrogen and oxygen atoms in total. The number of hydrogen-bond donors (Lipinski definition) is 2. The average molecular weight is 267 g/mol. The predicted octanol–water partition coefficient (Wildman–Crippen LogP) is 0.855. The molecule has 19 heavy (non-hydrogen) atoms. The Bertz CT molecular complexity index is 444. The molecule has 0 saturated carbocycles. The van der Waals surface area contributed by atoms with Crippen LogP contribution in [0.3, 0.4) is 0 Å². The van der Waals surface area contributed by atoms with Gasteiger partial charge in [0.15, 0.2) is 0 Å². The highest BCUT2D eigenvalue weighted by Crippen LogP contribution is 2.20. The minimum absolute atomic E-state index is 0.124. The van der Waals surface area contributed by atoms with E-state index >= 15 is 0 Å². The van der Waals surface area contributed by atoms with E-state index in [4.69, 9.17) is 5.11 Å². The third kappa shape index (κ3) is 3.13. The number of hydrogen-bond acceptors (Lipinski definition) is 4. The molecule has 106 valence electrons. The molecule has 1 fully saturated rings. The largest absolute Gasteiger partial charge is 0.478 e. The van der Waals surface area contributed by atoms with Gasteiger partial charge in [-0.3, -0.25) is 9.58 Å². The number of rotatable bonds is 4. The van der Waals surface area contributed by atoms with E-state index in [0.29, 0.717) is 12.2 Å². The zero-order chi connectivity index (χ0) is 13.8. The molecule has 0 amide bonds. The Labute approximate surface area is 112 Å². The summed E-state index contributed by atoms with van der Waals surface area (Å²) >= 11 is 0. The highest BCUT2D eigenvalue weighted by molar-refractivity contribution is 5.88. The number of aliphatic hydroxyl groups excluding tert-OH is 1. The van der Waals surface area contributed by atoms with Gasteiger partial charge in [0.1, 0.15) is 5.56 Å². The van der Waals surface area contributed by atoms with E-state index in [2.05, 4.69) is 10.00 Å². The summed E-state index contributed by atoms with van der Waals surface area (Å²) in [7, 11) is 1.76. The standard InChI is InChI=1S/C13H21N3O3/c1-15-12(11(7-14-15)13(18)19)8-16-6-4-2-3-5-10(16)9-17/h7,10,17H,2-6,8-9H2,1H3,(H,18,19). The molecule has 6 heteroatoms. The molecule has 1 aliphatic rings. The molecule has 2 rings (SSSR count). The minimum Gasteiger partial charge on any atom is -0.478 e. The van der Waals surface area contributed by atoms with Gasteiger partial charge in [0.2, 0.25) is 0 Å². The summed E-state index contributed by atoms with van der Waals surface area (Å²) in [5.41, 5.74) is 0.955. The summed E-state index contributed by atoms with van der Waals surface area (Å²) in [6.07, 6.45) is 5.75. The van der Waals surface area contributed by atoms with Gasteiger partial charge in [-0.15, -0.1) is 0 Å². The number of aliphatic hydroxyl groups is 1. The summed E-state index contributed by atoms with van der Waals surface area (Å²) < 4.78 is 1.61. The van der Waals surface area contributed by atoms with Crippen LogP contribution in [-0.4, -0.2) is 50.1 Å². The van der Waals surface area contributed by atoms with Gasteiger partial charge >= 0.3 is 5.97 Å². The molecule has 0 bridgehead atoms. The van der Waals surface area contributed by atoms with Gasteiger partial charge < -0.3 is 10.2 Å². The first-order chi connectivity index (χ1) is 9.13. The van der Waals surface area contributed by atoms with Gasteiger partial charge in [-0.2, -0.15) is 5.10 Å². The number of carbonyl (C=O) groups is 1. The first-order valence-electron chi connectivity index (χ1n) is 6.72. The highest BCUT2D eigenvalue weighted by Gasteiger charge is 2.24. The summed E-state index contributed by atoms with van der Waals surface area (Å²) in [5, 5.41) is 22.7. The van der Waals surface area contributed by atoms with E-state index < -0.39 is 5.97 Å². The molecule has 2 N–H and O–H groups in total. The van der Waals surface area contributed by atoms with Crippen molar-refractivity contribution in [1.82, 2.24) is 14.7 Å². The van der Waals surface area contributed by atoms with Crippen molar-refractivity contribution in [2.75, 3.05) is 13.2 Å². The normalized spacial score (nSPS) is 21.3. The average Bonchev–Trinajstić information content (AvgIpc) is 2.61. The quantitative estimate of drug-likeness (QED) is 0.845. The Kier molecular flexibility index (Phi) is 4.55. The number of nitrogens with zero attached hydrogens (tertiary/aromatic N) is 3. The van der Waals surface area contributed by atoms with Crippen molar-refractivity contribution in [3.63, 3.8) is 0 Å². The van der Waals surface area contributed by atoms with E-state index in [1.54, 1.807) is 11.7 Å². The molecule has 1 unspecified atom stereocenters. The van der Waals surface area contributed by atoms with Gasteiger partial charge in [-0.25, -0.2) is 4.79 Å². The molecule has 0 aliphatic carbocycles. The van der Waals surface area contributed by atoms with Crippen molar-refractivity contribution in [2.24, 2.45) is 7.05 Å². The van der Waals surface area contributed by atoms with Crippen molar-refractivity contribution in [3.8, 4) is 0 Å². The second kappa shape index (κ2) is 6.16. The fourth-order valence-electron chi connectivity index (χ4n) is 2.67. The Hall–Kier alpha value is -1.40. The molecule has 0 spiro atoms. The van der Waals surface area contributed by atoms with E-state index in [1.165, 1.54) is 12.6 Å². The zero-order valence-corrected chi connectivity index (χ0v) is 11.2. The Balaban J connectivity index is 2.18. The molecule has 1 saturated heterocycles. The lowest BCUT2D eigenvalue weighted by Crippen LogP contribution is -2.37. The van der Waals surface area contributed by atoms with Crippen LogP contribution in [0.2, 0.25) is 0 Å². The second-order valence-electron chi connectivity index (χ2n) is 5.09. The molecular formula is C13H21N3O3. The molecule has 1 aromatic heterocycles. The number of aromatic carboxylic acids is 1. The maximum Gasteiger partial charge on any atom is 0.339 e. The molecule has 2 heterocycles. The monoisotopic (exact) mass is 267 g/mol. The van der Waals surface area contributed by atoms with E-state index in [1.807, 2.05) is 0 Å². The number of carboxylic acid groups (broad SMARTS) is 1. The number of aryl methyl sites for hydroxylation is 1. The van der Waals surface area contributed by atoms with Crippen molar-refractivity contribution in [1.29, 1.82) is 0 Å². The van der Waals surface area contributed by atoms with Crippen LogP contribution in [0.5, 0.6) is 0 Å². The first-order valence-corrected chi connectivity index (χ1v) is 6.72. The van der Waals surface area contributed by atoms with Crippen molar-refractivity contribution in [2.45, 2.75) is 38.3 Å². The minimum atomic E-state index is -0.946. The Morgan fingerprint density at radius 3 is 2.95 bits per heavy atom. The maximum atomic E-state index is 11.2. The number of aromatic nitrogens is 2. The van der Waals surface area contributed by atoms with Crippen LogP contribution in [0.25, 0.3) is 0 Å². The smallest absolute Gasteiger partial charge is 0.339 e. The SMILES string of the molecule is Cn1ncc(C(=O)O)c1CN1CCCCCC1CO. The summed E-state index contributed by atoms with van der Waals surface area (Å²) in [6.45, 7) is 1.55. The topological polar surface area (TPSA) is 78.6 Å². The van der Waals surface area contributed by atoms with Crippen LogP contribution in [0, 0.1) is 0 Å². The Morgan fingerprint density at radius 2 is 2.26 bits per heavy atom. The summed E-state index contributed by atoms with van der Waals surface area (Å²) in [4.78, 5) is 13.4. The van der Waals surface area contributed by atoms with Gasteiger partial charge in [0.25, 0.3) is 0 Å². The number of carboxylic acids is 1. The highest BCUT2D eigenvalue weighted by atomic mass is 16.4. The predicted molar refractivity (Wildman–Crippen MR) is 69.9 cm³/mol. The molecule has 1 aromatic rings. The van der Waals surface area contributed by atoms with E-state index in [9.17, 15) is 9.90 Å². The fourth-order valence-corrected chi connectivity index (χ4v) is 2.67. The molecule has 0 radical (unpaired) electrons. The lowest BCUT2D eigenvalue weighted by Gasteiger charge is -2.28. The second-order valence-corrected chi connectivity index (χ2v) is 5.09. The maximum absolute atomic E-state index is 11.2. The van der Waals surface area contributed by atoms with Crippen LogP contribution in [0.15, 0.2) is 6.20 Å². The fraction of sp³-hybridized carbons (Fsp3) is 0.692. The van der Waals surface area contributed by atoms with Crippen LogP contribution < -0.4 is 0 Å². The molecular weight excluding hydrogens is 246 g/mol. The van der Waals surface area contributed by atoms with Gasteiger partial charge in [0, 0.05) is 19.6 Å². The van der Waals surface area contributed by atoms with Crippen molar-refractivity contribution >= 4 is 5.97 Å². The molecule has 1 aliphatic heterocycles. The lowest BCUT2D eigenvalue weighted by molar-refractivity contribution is 0.0691. The zero-order valence-electron chi connectivity index (χ0n) is 11.2.